The van der Waals surface area contributed by atoms with E-state index in [0.717, 1.165) is 62.3 Å². The van der Waals surface area contributed by atoms with Crippen LogP contribution in [-0.4, -0.2) is 30.1 Å². The molecule has 0 amide bonds. The van der Waals surface area contributed by atoms with Gasteiger partial charge >= 0.3 is 0 Å². The molecule has 0 unspecified atom stereocenters. The van der Waals surface area contributed by atoms with Gasteiger partial charge in [0.05, 0.1) is 35.0 Å². The van der Waals surface area contributed by atoms with Gasteiger partial charge in [-0.05, 0) is 36.6 Å². The number of hydrogen-bond acceptors (Lipinski definition) is 5. The van der Waals surface area contributed by atoms with E-state index in [2.05, 4.69) is 61.9 Å². The van der Waals surface area contributed by atoms with Crippen LogP contribution in [0.1, 0.15) is 20.3 Å². The summed E-state index contributed by atoms with van der Waals surface area (Å²) < 4.78 is 0. The molecule has 0 aromatic carbocycles. The Kier molecular flexibility index (Phi) is 4.71. The largest absolute Gasteiger partial charge is 0.358 e. The summed E-state index contributed by atoms with van der Waals surface area (Å²) in [5.74, 6) is 0.542. The van der Waals surface area contributed by atoms with Gasteiger partial charge in [-0.2, -0.15) is 5.10 Å². The highest BCUT2D eigenvalue weighted by atomic mass is 15.1. The molecule has 154 valence electrons. The minimum Gasteiger partial charge on any atom is -0.358 e. The molecule has 7 heteroatoms. The molecule has 0 aliphatic carbocycles. The summed E-state index contributed by atoms with van der Waals surface area (Å²) in [4.78, 5) is 16.6. The van der Waals surface area contributed by atoms with Crippen molar-refractivity contribution in [1.29, 1.82) is 0 Å². The number of hydrogen-bond donors (Lipinski definition) is 3. The topological polar surface area (TPSA) is 95.2 Å². The lowest BCUT2D eigenvalue weighted by atomic mass is 10.1. The molecule has 3 N–H and O–H groups in total. The van der Waals surface area contributed by atoms with Gasteiger partial charge in [0.2, 0.25) is 0 Å². The smallest absolute Gasteiger partial charge is 0.116 e. The number of aromatic nitrogens is 6. The molecule has 0 saturated heterocycles. The summed E-state index contributed by atoms with van der Waals surface area (Å²) >= 11 is 0. The van der Waals surface area contributed by atoms with Gasteiger partial charge in [0, 0.05) is 46.1 Å². The van der Waals surface area contributed by atoms with Crippen LogP contribution in [0.3, 0.4) is 0 Å². The standard InChI is InChI=1S/C24H23N7/c1-14(2)6-15(3)28-18-7-16(11-26-12-18)21-9-19-23(13-27-21)30-31-24(19)22-8-17-10-25-5-4-20(17)29-22/h4-5,7-14,28-29H,3,6H2,1-2H3,(H,30,31). The van der Waals surface area contributed by atoms with Crippen molar-refractivity contribution in [2.24, 2.45) is 5.92 Å². The number of H-pyrrole nitrogens is 2. The van der Waals surface area contributed by atoms with Crippen LogP contribution >= 0.6 is 0 Å². The highest BCUT2D eigenvalue weighted by Gasteiger charge is 2.13. The van der Waals surface area contributed by atoms with Crippen LogP contribution in [-0.2, 0) is 0 Å². The Morgan fingerprint density at radius 3 is 2.81 bits per heavy atom. The summed E-state index contributed by atoms with van der Waals surface area (Å²) in [6.07, 6.45) is 9.95. The molecule has 0 bridgehead atoms. The van der Waals surface area contributed by atoms with E-state index in [4.69, 9.17) is 0 Å². The van der Waals surface area contributed by atoms with Crippen molar-refractivity contribution in [2.75, 3.05) is 5.32 Å². The van der Waals surface area contributed by atoms with Gasteiger partial charge in [0.15, 0.2) is 0 Å². The number of anilines is 1. The average molecular weight is 409 g/mol. The van der Waals surface area contributed by atoms with Crippen LogP contribution in [0.5, 0.6) is 0 Å². The number of aromatic amines is 2. The van der Waals surface area contributed by atoms with E-state index in [9.17, 15) is 0 Å². The number of fused-ring (bicyclic) bond motifs is 2. The molecular weight excluding hydrogens is 386 g/mol. The third-order valence-electron chi connectivity index (χ3n) is 5.13. The molecule has 0 radical (unpaired) electrons. The number of pyridine rings is 3. The summed E-state index contributed by atoms with van der Waals surface area (Å²) in [6, 6.07) is 8.10. The average Bonchev–Trinajstić information content (AvgIpc) is 3.36. The van der Waals surface area contributed by atoms with Gasteiger partial charge < -0.3 is 10.3 Å². The van der Waals surface area contributed by atoms with Gasteiger partial charge in [0.25, 0.3) is 0 Å². The van der Waals surface area contributed by atoms with Gasteiger partial charge in [-0.25, -0.2) is 0 Å². The van der Waals surface area contributed by atoms with Gasteiger partial charge in [-0.3, -0.25) is 20.1 Å². The molecule has 0 saturated carbocycles. The second-order valence-corrected chi connectivity index (χ2v) is 8.12. The third kappa shape index (κ3) is 3.77. The molecular formula is C24H23N7. The highest BCUT2D eigenvalue weighted by molar-refractivity contribution is 5.96. The zero-order chi connectivity index (χ0) is 21.4. The van der Waals surface area contributed by atoms with Gasteiger partial charge in [0.1, 0.15) is 5.69 Å². The second kappa shape index (κ2) is 7.68. The van der Waals surface area contributed by atoms with Crippen molar-refractivity contribution in [3.05, 3.63) is 67.5 Å². The van der Waals surface area contributed by atoms with Crippen LogP contribution in [0.4, 0.5) is 5.69 Å². The van der Waals surface area contributed by atoms with Crippen molar-refractivity contribution in [1.82, 2.24) is 30.1 Å². The van der Waals surface area contributed by atoms with Crippen molar-refractivity contribution >= 4 is 27.5 Å². The lowest BCUT2D eigenvalue weighted by Gasteiger charge is -2.12. The van der Waals surface area contributed by atoms with Gasteiger partial charge in [-0.1, -0.05) is 20.4 Å². The SMILES string of the molecule is C=C(CC(C)C)Nc1cncc(-c2cc3c(-c4cc5cnccc5[nH]4)n[nH]c3cn2)c1. The van der Waals surface area contributed by atoms with E-state index in [0.29, 0.717) is 5.92 Å². The molecule has 31 heavy (non-hydrogen) atoms. The number of allylic oxidation sites excluding steroid dienone is 1. The highest BCUT2D eigenvalue weighted by Crippen LogP contribution is 2.31. The lowest BCUT2D eigenvalue weighted by Crippen LogP contribution is -2.02. The maximum atomic E-state index is 4.61. The first-order valence-corrected chi connectivity index (χ1v) is 10.2. The Balaban J connectivity index is 1.51. The Bertz CT molecular complexity index is 1360. The molecule has 0 aliphatic heterocycles. The molecule has 0 aliphatic rings. The van der Waals surface area contributed by atoms with Crippen LogP contribution in [0.2, 0.25) is 0 Å². The fraction of sp³-hybridized carbons (Fsp3) is 0.167. The molecule has 0 fully saturated rings. The van der Waals surface area contributed by atoms with Crippen LogP contribution in [0.25, 0.3) is 44.5 Å². The van der Waals surface area contributed by atoms with Crippen molar-refractivity contribution < 1.29 is 0 Å². The van der Waals surface area contributed by atoms with Crippen LogP contribution < -0.4 is 5.32 Å². The zero-order valence-electron chi connectivity index (χ0n) is 17.5. The third-order valence-corrected chi connectivity index (χ3v) is 5.13. The minimum absolute atomic E-state index is 0.542. The van der Waals surface area contributed by atoms with E-state index < -0.39 is 0 Å². The maximum absolute atomic E-state index is 4.61. The first-order chi connectivity index (χ1) is 15.1. The Hall–Kier alpha value is -4.00. The lowest BCUT2D eigenvalue weighted by molar-refractivity contribution is 0.645. The first-order valence-electron chi connectivity index (χ1n) is 10.2. The van der Waals surface area contributed by atoms with Crippen molar-refractivity contribution in [3.8, 4) is 22.6 Å². The summed E-state index contributed by atoms with van der Waals surface area (Å²) in [7, 11) is 0. The zero-order valence-corrected chi connectivity index (χ0v) is 17.5. The number of nitrogens with one attached hydrogen (secondary N) is 3. The molecule has 5 rings (SSSR count). The van der Waals surface area contributed by atoms with E-state index in [1.165, 1.54) is 0 Å². The molecule has 5 aromatic rings. The Morgan fingerprint density at radius 2 is 1.97 bits per heavy atom. The second-order valence-electron chi connectivity index (χ2n) is 8.12. The first kappa shape index (κ1) is 19.0. The predicted octanol–water partition coefficient (Wildman–Crippen LogP) is 5.53. The van der Waals surface area contributed by atoms with Crippen LogP contribution in [0, 0.1) is 5.92 Å². The molecule has 5 heterocycles. The van der Waals surface area contributed by atoms with Crippen LogP contribution in [0.15, 0.2) is 67.5 Å². The fourth-order valence-electron chi connectivity index (χ4n) is 3.78. The Morgan fingerprint density at radius 1 is 1.06 bits per heavy atom. The van der Waals surface area contributed by atoms with E-state index in [1.807, 2.05) is 36.8 Å². The van der Waals surface area contributed by atoms with Crippen molar-refractivity contribution in [3.63, 3.8) is 0 Å². The van der Waals surface area contributed by atoms with Gasteiger partial charge in [-0.15, -0.1) is 0 Å². The molecule has 0 spiro atoms. The van der Waals surface area contributed by atoms with E-state index in [-0.39, 0.29) is 0 Å². The van der Waals surface area contributed by atoms with E-state index in [1.54, 1.807) is 12.4 Å². The minimum atomic E-state index is 0.542. The number of rotatable bonds is 6. The number of nitrogens with zero attached hydrogens (tertiary/aromatic N) is 4. The Labute approximate surface area is 179 Å². The summed E-state index contributed by atoms with van der Waals surface area (Å²) in [6.45, 7) is 8.46. The summed E-state index contributed by atoms with van der Waals surface area (Å²) in [5.41, 5.74) is 7.33. The molecule has 7 nitrogen and oxygen atoms in total. The van der Waals surface area contributed by atoms with E-state index >= 15 is 0 Å². The quantitative estimate of drug-likeness (QED) is 0.342. The normalized spacial score (nSPS) is 11.5. The maximum Gasteiger partial charge on any atom is 0.116 e. The molecule has 0 atom stereocenters. The van der Waals surface area contributed by atoms with Crippen molar-refractivity contribution in [2.45, 2.75) is 20.3 Å². The fourth-order valence-corrected chi connectivity index (χ4v) is 3.78. The predicted molar refractivity (Wildman–Crippen MR) is 124 cm³/mol. The monoisotopic (exact) mass is 409 g/mol. The summed E-state index contributed by atoms with van der Waals surface area (Å²) in [5, 5.41) is 13.0. The molecule has 5 aromatic heterocycles.